The van der Waals surface area contributed by atoms with Crippen LogP contribution < -0.4 is 4.84 Å². The molecule has 0 bridgehead atoms. The number of hydrogen-bond donors (Lipinski definition) is 0. The van der Waals surface area contributed by atoms with E-state index >= 15 is 0 Å². The van der Waals surface area contributed by atoms with Crippen molar-refractivity contribution in [3.8, 4) is 11.3 Å². The molecular weight excluding hydrogens is 290 g/mol. The molecule has 0 aliphatic heterocycles. The number of carbonyl (C=O) groups excluding carboxylic acids is 1. The van der Waals surface area contributed by atoms with Gasteiger partial charge in [-0.15, -0.1) is 0 Å². The van der Waals surface area contributed by atoms with Gasteiger partial charge in [0.05, 0.1) is 17.5 Å². The molecule has 112 valence electrons. The zero-order valence-electron chi connectivity index (χ0n) is 12.2. The second-order valence-corrected chi connectivity index (χ2v) is 5.10. The monoisotopic (exact) mass is 303 g/mol. The van der Waals surface area contributed by atoms with E-state index in [2.05, 4.69) is 0 Å². The molecule has 0 atom stereocenters. The first-order valence-corrected chi connectivity index (χ1v) is 7.25. The fourth-order valence-electron chi connectivity index (χ4n) is 2.56. The summed E-state index contributed by atoms with van der Waals surface area (Å²) in [5.74, 6) is -0.365. The first-order chi connectivity index (χ1) is 11.3. The highest BCUT2D eigenvalue weighted by atomic mass is 16.7. The molecule has 2 heterocycles. The van der Waals surface area contributed by atoms with Crippen molar-refractivity contribution >= 4 is 16.9 Å². The van der Waals surface area contributed by atoms with E-state index in [0.29, 0.717) is 0 Å². The lowest BCUT2D eigenvalue weighted by atomic mass is 10.1. The second-order valence-electron chi connectivity index (χ2n) is 5.10. The van der Waals surface area contributed by atoms with E-state index in [0.717, 1.165) is 22.2 Å². The van der Waals surface area contributed by atoms with Gasteiger partial charge in [-0.3, -0.25) is 0 Å². The average molecular weight is 303 g/mol. The van der Waals surface area contributed by atoms with Gasteiger partial charge in [0.1, 0.15) is 0 Å². The van der Waals surface area contributed by atoms with Crippen LogP contribution in [0.5, 0.6) is 0 Å². The number of nitrogens with zero attached hydrogens (tertiary/aromatic N) is 1. The van der Waals surface area contributed by atoms with Gasteiger partial charge in [0, 0.05) is 10.9 Å². The van der Waals surface area contributed by atoms with Gasteiger partial charge in [0.15, 0.2) is 0 Å². The topological polar surface area (TPSA) is 44.4 Å². The third-order valence-corrected chi connectivity index (χ3v) is 3.63. The number of fused-ring (bicyclic) bond motifs is 1. The van der Waals surface area contributed by atoms with Crippen LogP contribution in [0.3, 0.4) is 0 Å². The minimum Gasteiger partial charge on any atom is -0.457 e. The van der Waals surface area contributed by atoms with Crippen LogP contribution in [0.1, 0.15) is 10.6 Å². The Hall–Kier alpha value is -3.27. The van der Waals surface area contributed by atoms with Gasteiger partial charge in [-0.1, -0.05) is 48.5 Å². The SMILES string of the molecule is O=C(On1c(-c2ccccc2)cc2ccccc21)c1ccco1. The highest BCUT2D eigenvalue weighted by Crippen LogP contribution is 2.27. The Bertz CT molecular complexity index is 953. The first-order valence-electron chi connectivity index (χ1n) is 7.25. The van der Waals surface area contributed by atoms with Crippen LogP contribution in [-0.2, 0) is 0 Å². The summed E-state index contributed by atoms with van der Waals surface area (Å²) in [5, 5.41) is 0.999. The number of furan rings is 1. The predicted molar refractivity (Wildman–Crippen MR) is 87.0 cm³/mol. The maximum absolute atomic E-state index is 12.3. The third-order valence-electron chi connectivity index (χ3n) is 3.63. The molecule has 0 N–H and O–H groups in total. The molecule has 2 aromatic heterocycles. The van der Waals surface area contributed by atoms with Crippen LogP contribution in [0.2, 0.25) is 0 Å². The lowest BCUT2D eigenvalue weighted by Crippen LogP contribution is -2.20. The Labute approximate surface area is 132 Å². The third kappa shape index (κ3) is 2.40. The smallest absolute Gasteiger partial charge is 0.398 e. The molecule has 0 aliphatic rings. The van der Waals surface area contributed by atoms with Crippen molar-refractivity contribution in [3.05, 3.63) is 84.8 Å². The largest absolute Gasteiger partial charge is 0.457 e. The Morgan fingerprint density at radius 3 is 2.48 bits per heavy atom. The summed E-state index contributed by atoms with van der Waals surface area (Å²) in [6.45, 7) is 0. The molecule has 0 saturated carbocycles. The molecule has 0 radical (unpaired) electrons. The molecule has 0 fully saturated rings. The molecule has 0 amide bonds. The minimum atomic E-state index is -0.534. The predicted octanol–water partition coefficient (Wildman–Crippen LogP) is 4.17. The average Bonchev–Trinajstić information content (AvgIpc) is 3.24. The van der Waals surface area contributed by atoms with Crippen molar-refractivity contribution in [3.63, 3.8) is 0 Å². The zero-order chi connectivity index (χ0) is 15.6. The number of hydrogen-bond acceptors (Lipinski definition) is 3. The van der Waals surface area contributed by atoms with Gasteiger partial charge in [-0.2, -0.15) is 4.73 Å². The van der Waals surface area contributed by atoms with Crippen molar-refractivity contribution in [1.29, 1.82) is 0 Å². The van der Waals surface area contributed by atoms with E-state index in [9.17, 15) is 4.79 Å². The standard InChI is InChI=1S/C19H13NO3/c21-19(18-11-6-12-22-18)23-20-16-10-5-4-9-15(16)13-17(20)14-7-2-1-3-8-14/h1-13H. The fourth-order valence-corrected chi connectivity index (χ4v) is 2.56. The van der Waals surface area contributed by atoms with E-state index in [4.69, 9.17) is 9.25 Å². The number of aromatic nitrogens is 1. The molecule has 0 unspecified atom stereocenters. The summed E-state index contributed by atoms with van der Waals surface area (Å²) < 4.78 is 6.66. The molecule has 4 heteroatoms. The van der Waals surface area contributed by atoms with E-state index in [1.54, 1.807) is 16.9 Å². The van der Waals surface area contributed by atoms with Crippen molar-refractivity contribution in [2.75, 3.05) is 0 Å². The molecule has 0 spiro atoms. The maximum Gasteiger partial charge on any atom is 0.398 e. The van der Waals surface area contributed by atoms with Crippen LogP contribution in [-0.4, -0.2) is 10.7 Å². The minimum absolute atomic E-state index is 0.168. The first kappa shape index (κ1) is 13.4. The molecule has 0 saturated heterocycles. The lowest BCUT2D eigenvalue weighted by molar-refractivity contribution is 0.0454. The van der Waals surface area contributed by atoms with Gasteiger partial charge < -0.3 is 9.25 Å². The Kier molecular flexibility index (Phi) is 3.20. The van der Waals surface area contributed by atoms with Gasteiger partial charge in [-0.25, -0.2) is 4.79 Å². The Balaban J connectivity index is 1.85. The van der Waals surface area contributed by atoms with E-state index < -0.39 is 5.97 Å². The summed E-state index contributed by atoms with van der Waals surface area (Å²) in [7, 11) is 0. The normalized spacial score (nSPS) is 10.8. The fraction of sp³-hybridized carbons (Fsp3) is 0. The quantitative estimate of drug-likeness (QED) is 0.570. The number of carbonyl (C=O) groups is 1. The van der Waals surface area contributed by atoms with Crippen molar-refractivity contribution < 1.29 is 14.0 Å². The molecule has 0 aliphatic carbocycles. The van der Waals surface area contributed by atoms with E-state index in [1.807, 2.05) is 60.7 Å². The van der Waals surface area contributed by atoms with Gasteiger partial charge in [-0.05, 0) is 24.3 Å². The molecule has 23 heavy (non-hydrogen) atoms. The summed E-state index contributed by atoms with van der Waals surface area (Å²) in [6.07, 6.45) is 1.45. The van der Waals surface area contributed by atoms with Gasteiger partial charge in [0.25, 0.3) is 0 Å². The molecule has 2 aromatic carbocycles. The summed E-state index contributed by atoms with van der Waals surface area (Å²) >= 11 is 0. The highest BCUT2D eigenvalue weighted by molar-refractivity contribution is 5.90. The van der Waals surface area contributed by atoms with Crippen LogP contribution in [0.15, 0.2) is 83.5 Å². The van der Waals surface area contributed by atoms with Crippen molar-refractivity contribution in [2.24, 2.45) is 0 Å². The van der Waals surface area contributed by atoms with Crippen molar-refractivity contribution in [1.82, 2.24) is 4.73 Å². The Morgan fingerprint density at radius 2 is 1.70 bits per heavy atom. The van der Waals surface area contributed by atoms with E-state index in [1.165, 1.54) is 6.26 Å². The molecule has 4 nitrogen and oxygen atoms in total. The van der Waals surface area contributed by atoms with Gasteiger partial charge >= 0.3 is 5.97 Å². The molecule has 4 rings (SSSR count). The van der Waals surface area contributed by atoms with Crippen molar-refractivity contribution in [2.45, 2.75) is 0 Å². The van der Waals surface area contributed by atoms with E-state index in [-0.39, 0.29) is 5.76 Å². The van der Waals surface area contributed by atoms with Crippen LogP contribution in [0.25, 0.3) is 22.2 Å². The summed E-state index contributed by atoms with van der Waals surface area (Å²) in [5.41, 5.74) is 2.61. The number of rotatable bonds is 3. The summed E-state index contributed by atoms with van der Waals surface area (Å²) in [4.78, 5) is 17.8. The Morgan fingerprint density at radius 1 is 0.913 bits per heavy atom. The van der Waals surface area contributed by atoms with Gasteiger partial charge in [0.2, 0.25) is 5.76 Å². The second kappa shape index (κ2) is 5.50. The maximum atomic E-state index is 12.3. The highest BCUT2D eigenvalue weighted by Gasteiger charge is 2.17. The summed E-state index contributed by atoms with van der Waals surface area (Å²) in [6, 6.07) is 22.8. The zero-order valence-corrected chi connectivity index (χ0v) is 12.2. The van der Waals surface area contributed by atoms with Crippen LogP contribution >= 0.6 is 0 Å². The molecular formula is C19H13NO3. The lowest BCUT2D eigenvalue weighted by Gasteiger charge is -2.09. The van der Waals surface area contributed by atoms with Crippen LogP contribution in [0.4, 0.5) is 0 Å². The van der Waals surface area contributed by atoms with Crippen LogP contribution in [0, 0.1) is 0 Å². The number of benzene rings is 2. The number of para-hydroxylation sites is 1. The molecule has 4 aromatic rings.